The van der Waals surface area contributed by atoms with Gasteiger partial charge in [-0.15, -0.1) is 0 Å². The molecule has 0 bridgehead atoms. The lowest BCUT2D eigenvalue weighted by molar-refractivity contribution is -0.106. The molecule has 2 aromatic carbocycles. The van der Waals surface area contributed by atoms with Gasteiger partial charge in [0.25, 0.3) is 0 Å². The summed E-state index contributed by atoms with van der Waals surface area (Å²) >= 11 is 0. The SMILES string of the molecule is C=C(C=O)CO.C=C(C=O)CO.CCCCCc1ccc(CCc2ccc(C3CCC(CCC(CO)CO)CC3)cc2)cc1. The van der Waals surface area contributed by atoms with Gasteiger partial charge in [0.1, 0.15) is 12.6 Å². The molecule has 4 N–H and O–H groups in total. The zero-order chi connectivity index (χ0) is 32.6. The second kappa shape index (κ2) is 24.4. The van der Waals surface area contributed by atoms with E-state index in [9.17, 15) is 19.8 Å². The normalized spacial score (nSPS) is 15.8. The maximum Gasteiger partial charge on any atom is 0.147 e. The molecule has 6 nitrogen and oxygen atoms in total. The van der Waals surface area contributed by atoms with Crippen molar-refractivity contribution in [1.82, 2.24) is 0 Å². The van der Waals surface area contributed by atoms with E-state index in [0.29, 0.717) is 18.5 Å². The van der Waals surface area contributed by atoms with E-state index in [1.807, 2.05) is 0 Å². The van der Waals surface area contributed by atoms with Gasteiger partial charge in [-0.2, -0.15) is 0 Å². The molecule has 0 heterocycles. The number of carbonyl (C=O) groups excluding carboxylic acids is 2. The highest BCUT2D eigenvalue weighted by molar-refractivity contribution is 5.72. The first kappa shape index (κ1) is 39.1. The molecule has 0 atom stereocenters. The minimum Gasteiger partial charge on any atom is -0.396 e. The van der Waals surface area contributed by atoms with Gasteiger partial charge in [-0.25, -0.2) is 0 Å². The Morgan fingerprint density at radius 3 is 1.57 bits per heavy atom. The zero-order valence-electron chi connectivity index (χ0n) is 26.8. The monoisotopic (exact) mass is 608 g/mol. The maximum absolute atomic E-state index is 9.48. The summed E-state index contributed by atoms with van der Waals surface area (Å²) in [6.07, 6.45) is 15.6. The van der Waals surface area contributed by atoms with Crippen LogP contribution in [0, 0.1) is 11.8 Å². The van der Waals surface area contributed by atoms with Gasteiger partial charge in [0.15, 0.2) is 0 Å². The van der Waals surface area contributed by atoms with E-state index in [2.05, 4.69) is 68.6 Å². The molecular formula is C38H56O6. The predicted octanol–water partition coefficient (Wildman–Crippen LogP) is 6.33. The maximum atomic E-state index is 9.48. The van der Waals surface area contributed by atoms with Crippen molar-refractivity contribution in [1.29, 1.82) is 0 Å². The van der Waals surface area contributed by atoms with E-state index < -0.39 is 0 Å². The van der Waals surface area contributed by atoms with Crippen LogP contribution in [0.15, 0.2) is 72.8 Å². The van der Waals surface area contributed by atoms with Crippen molar-refractivity contribution in [2.24, 2.45) is 11.8 Å². The molecule has 2 aromatic rings. The molecule has 1 saturated carbocycles. The Bertz CT molecular complexity index is 1030. The number of aliphatic hydroxyl groups excluding tert-OH is 4. The summed E-state index contributed by atoms with van der Waals surface area (Å²) in [5.74, 6) is 1.54. The Kier molecular flexibility index (Phi) is 21.7. The lowest BCUT2D eigenvalue weighted by atomic mass is 9.76. The van der Waals surface area contributed by atoms with Crippen LogP contribution in [0.4, 0.5) is 0 Å². The minimum atomic E-state index is -0.233. The van der Waals surface area contributed by atoms with Gasteiger partial charge >= 0.3 is 0 Å². The Morgan fingerprint density at radius 1 is 0.727 bits per heavy atom. The minimum absolute atomic E-state index is 0.0731. The van der Waals surface area contributed by atoms with Gasteiger partial charge < -0.3 is 20.4 Å². The van der Waals surface area contributed by atoms with Crippen molar-refractivity contribution in [2.75, 3.05) is 26.4 Å². The van der Waals surface area contributed by atoms with Gasteiger partial charge in [-0.3, -0.25) is 9.59 Å². The van der Waals surface area contributed by atoms with Crippen LogP contribution in [-0.2, 0) is 28.9 Å². The largest absolute Gasteiger partial charge is 0.396 e. The smallest absolute Gasteiger partial charge is 0.147 e. The van der Waals surface area contributed by atoms with E-state index in [4.69, 9.17) is 10.2 Å². The van der Waals surface area contributed by atoms with Crippen LogP contribution in [0.1, 0.15) is 92.9 Å². The number of hydrogen-bond acceptors (Lipinski definition) is 6. The molecule has 0 amide bonds. The molecule has 0 radical (unpaired) electrons. The van der Waals surface area contributed by atoms with Gasteiger partial charge in [-0.1, -0.05) is 87.9 Å². The molecule has 44 heavy (non-hydrogen) atoms. The number of hydrogen-bond donors (Lipinski definition) is 4. The number of aliphatic hydroxyl groups is 4. The van der Waals surface area contributed by atoms with Crippen molar-refractivity contribution in [3.05, 3.63) is 95.1 Å². The lowest BCUT2D eigenvalue weighted by Crippen LogP contribution is -2.17. The average Bonchev–Trinajstić information content (AvgIpc) is 3.08. The van der Waals surface area contributed by atoms with Crippen LogP contribution in [0.2, 0.25) is 0 Å². The van der Waals surface area contributed by atoms with E-state index in [0.717, 1.165) is 31.6 Å². The molecule has 0 saturated heterocycles. The second-order valence-corrected chi connectivity index (χ2v) is 11.9. The Morgan fingerprint density at radius 2 is 1.18 bits per heavy atom. The highest BCUT2D eigenvalue weighted by Gasteiger charge is 2.23. The number of aryl methyl sites for hydroxylation is 3. The van der Waals surface area contributed by atoms with E-state index >= 15 is 0 Å². The molecule has 1 aliphatic rings. The third-order valence-electron chi connectivity index (χ3n) is 8.33. The van der Waals surface area contributed by atoms with Crippen LogP contribution in [0.5, 0.6) is 0 Å². The van der Waals surface area contributed by atoms with Crippen LogP contribution >= 0.6 is 0 Å². The molecule has 1 aliphatic carbocycles. The van der Waals surface area contributed by atoms with Crippen molar-refractivity contribution < 1.29 is 30.0 Å². The topological polar surface area (TPSA) is 115 Å². The number of carbonyl (C=O) groups is 2. The van der Waals surface area contributed by atoms with Crippen molar-refractivity contribution in [3.63, 3.8) is 0 Å². The summed E-state index contributed by atoms with van der Waals surface area (Å²) in [6.45, 7) is 8.37. The fourth-order valence-corrected chi connectivity index (χ4v) is 5.27. The second-order valence-electron chi connectivity index (χ2n) is 11.9. The van der Waals surface area contributed by atoms with Gasteiger partial charge in [0, 0.05) is 30.3 Å². The third-order valence-corrected chi connectivity index (χ3v) is 8.33. The summed E-state index contributed by atoms with van der Waals surface area (Å²) in [4.78, 5) is 19.0. The molecule has 0 spiro atoms. The number of unbranched alkanes of at least 4 members (excludes halogenated alkanes) is 2. The highest BCUT2D eigenvalue weighted by Crippen LogP contribution is 2.38. The van der Waals surface area contributed by atoms with Gasteiger partial charge in [0.05, 0.1) is 13.2 Å². The fraction of sp³-hybridized carbons (Fsp3) is 0.526. The average molecular weight is 609 g/mol. The summed E-state index contributed by atoms with van der Waals surface area (Å²) < 4.78 is 0. The molecule has 3 rings (SSSR count). The summed E-state index contributed by atoms with van der Waals surface area (Å²) in [6, 6.07) is 18.7. The quantitative estimate of drug-likeness (QED) is 0.0948. The molecule has 244 valence electrons. The van der Waals surface area contributed by atoms with E-state index in [1.54, 1.807) is 0 Å². The van der Waals surface area contributed by atoms with Crippen LogP contribution in [0.25, 0.3) is 0 Å². The van der Waals surface area contributed by atoms with Crippen LogP contribution in [0.3, 0.4) is 0 Å². The van der Waals surface area contributed by atoms with Gasteiger partial charge in [0.2, 0.25) is 0 Å². The summed E-state index contributed by atoms with van der Waals surface area (Å²) in [7, 11) is 0. The number of benzene rings is 2. The Hall–Kier alpha value is -2.90. The molecule has 0 unspecified atom stereocenters. The highest BCUT2D eigenvalue weighted by atomic mass is 16.3. The molecule has 1 fully saturated rings. The standard InChI is InChI=1S/C30H44O2.2C4H6O2/c1-2-3-4-5-24-6-8-25(9-7-24)10-11-26-14-18-29(19-15-26)30-20-16-27(17-21-30)12-13-28(22-31)23-32;2*1-4(2-5)3-6/h6-9,14-15,18-19,27-28,30-32H,2-5,10-13,16-17,20-23H2,1H3;2*2,6H,1,3H2. The number of rotatable bonds is 17. The first-order valence-corrected chi connectivity index (χ1v) is 16.2. The van der Waals surface area contributed by atoms with Crippen molar-refractivity contribution >= 4 is 12.6 Å². The number of aldehydes is 2. The van der Waals surface area contributed by atoms with Crippen LogP contribution in [-0.4, -0.2) is 59.4 Å². The van der Waals surface area contributed by atoms with Gasteiger partial charge in [-0.05, 0) is 91.9 Å². The van der Waals surface area contributed by atoms with Crippen molar-refractivity contribution in [3.8, 4) is 0 Å². The van der Waals surface area contributed by atoms with Crippen LogP contribution < -0.4 is 0 Å². The van der Waals surface area contributed by atoms with E-state index in [-0.39, 0.29) is 43.5 Å². The molecule has 6 heteroatoms. The van der Waals surface area contributed by atoms with E-state index in [1.165, 1.54) is 73.6 Å². The Labute approximate surface area is 265 Å². The molecule has 0 aliphatic heterocycles. The molecular weight excluding hydrogens is 552 g/mol. The van der Waals surface area contributed by atoms with Crippen molar-refractivity contribution in [2.45, 2.75) is 89.9 Å². The zero-order valence-corrected chi connectivity index (χ0v) is 26.8. The fourth-order valence-electron chi connectivity index (χ4n) is 5.27. The third kappa shape index (κ3) is 16.8. The Balaban J connectivity index is 0.000000681. The lowest BCUT2D eigenvalue weighted by Gasteiger charge is -2.29. The molecule has 0 aromatic heterocycles. The first-order valence-electron chi connectivity index (χ1n) is 16.2. The summed E-state index contributed by atoms with van der Waals surface area (Å²) in [5.41, 5.74) is 6.30. The summed E-state index contributed by atoms with van der Waals surface area (Å²) in [5, 5.41) is 34.5. The predicted molar refractivity (Wildman–Crippen MR) is 180 cm³/mol. The first-order chi connectivity index (χ1) is 21.3.